The van der Waals surface area contributed by atoms with E-state index in [2.05, 4.69) is 9.44 Å². The number of carbonyl (C=O) groups excluding carboxylic acids is 1. The van der Waals surface area contributed by atoms with Gasteiger partial charge >= 0.3 is 5.97 Å². The van der Waals surface area contributed by atoms with Crippen LogP contribution in [0.4, 0.5) is 0 Å². The number of methoxy groups -OCH3 is 1. The SMILES string of the molecule is COC(=O)C(CCCCNS(=O)(=O)c1cc(Cl)sc1Cl)NS(=O)(=O)c1ccc(C)cc1. The van der Waals surface area contributed by atoms with Crippen LogP contribution in [-0.4, -0.2) is 42.5 Å². The first-order chi connectivity index (χ1) is 14.5. The van der Waals surface area contributed by atoms with E-state index in [1.807, 2.05) is 6.92 Å². The molecule has 1 heterocycles. The van der Waals surface area contributed by atoms with E-state index in [1.165, 1.54) is 25.3 Å². The van der Waals surface area contributed by atoms with Crippen LogP contribution in [0.25, 0.3) is 0 Å². The molecule has 2 aromatic rings. The minimum atomic E-state index is -3.92. The Hall–Kier alpha value is -1.21. The highest BCUT2D eigenvalue weighted by Crippen LogP contribution is 2.34. The number of rotatable bonds is 11. The third kappa shape index (κ3) is 7.41. The van der Waals surface area contributed by atoms with Crippen LogP contribution in [0.3, 0.4) is 0 Å². The highest BCUT2D eigenvalue weighted by atomic mass is 35.5. The molecule has 0 aliphatic heterocycles. The van der Waals surface area contributed by atoms with E-state index in [0.29, 0.717) is 12.8 Å². The quantitative estimate of drug-likeness (QED) is 0.341. The lowest BCUT2D eigenvalue weighted by molar-refractivity contribution is -0.142. The number of unbranched alkanes of at least 4 members (excludes halogenated alkanes) is 1. The molecule has 172 valence electrons. The van der Waals surface area contributed by atoms with Gasteiger partial charge in [0.2, 0.25) is 20.0 Å². The van der Waals surface area contributed by atoms with E-state index >= 15 is 0 Å². The van der Waals surface area contributed by atoms with Crippen molar-refractivity contribution in [3.05, 3.63) is 44.6 Å². The van der Waals surface area contributed by atoms with Gasteiger partial charge in [0.25, 0.3) is 0 Å². The maximum absolute atomic E-state index is 12.6. The number of ether oxygens (including phenoxy) is 1. The molecule has 1 aromatic heterocycles. The van der Waals surface area contributed by atoms with Crippen LogP contribution in [0.5, 0.6) is 0 Å². The normalized spacial score (nSPS) is 13.2. The lowest BCUT2D eigenvalue weighted by Gasteiger charge is -2.17. The first-order valence-electron chi connectivity index (χ1n) is 9.07. The second-order valence-electron chi connectivity index (χ2n) is 6.59. The van der Waals surface area contributed by atoms with E-state index in [9.17, 15) is 21.6 Å². The van der Waals surface area contributed by atoms with Crippen molar-refractivity contribution in [2.75, 3.05) is 13.7 Å². The van der Waals surface area contributed by atoms with Crippen molar-refractivity contribution >= 4 is 60.6 Å². The summed E-state index contributed by atoms with van der Waals surface area (Å²) in [6, 6.07) is 6.37. The molecule has 0 saturated carbocycles. The van der Waals surface area contributed by atoms with Crippen LogP contribution in [0, 0.1) is 6.92 Å². The van der Waals surface area contributed by atoms with Crippen LogP contribution < -0.4 is 9.44 Å². The van der Waals surface area contributed by atoms with Crippen LogP contribution in [0.2, 0.25) is 8.67 Å². The minimum Gasteiger partial charge on any atom is -0.468 e. The molecule has 0 aliphatic rings. The lowest BCUT2D eigenvalue weighted by atomic mass is 10.1. The topological polar surface area (TPSA) is 119 Å². The summed E-state index contributed by atoms with van der Waals surface area (Å²) >= 11 is 12.6. The predicted molar refractivity (Wildman–Crippen MR) is 121 cm³/mol. The van der Waals surface area contributed by atoms with Crippen molar-refractivity contribution in [2.45, 2.75) is 42.0 Å². The molecule has 1 unspecified atom stereocenters. The van der Waals surface area contributed by atoms with E-state index in [-0.39, 0.29) is 31.4 Å². The fraction of sp³-hybridized carbons (Fsp3) is 0.389. The molecule has 0 saturated heterocycles. The Bertz CT molecular complexity index is 1120. The smallest absolute Gasteiger partial charge is 0.323 e. The number of nitrogens with one attached hydrogen (secondary N) is 2. The number of thiophene rings is 1. The van der Waals surface area contributed by atoms with Gasteiger partial charge in [-0.3, -0.25) is 4.79 Å². The van der Waals surface area contributed by atoms with Crippen LogP contribution in [-0.2, 0) is 29.6 Å². The predicted octanol–water partition coefficient (Wildman–Crippen LogP) is 3.33. The minimum absolute atomic E-state index is 0.0334. The second kappa shape index (κ2) is 11.1. The molecule has 31 heavy (non-hydrogen) atoms. The monoisotopic (exact) mass is 528 g/mol. The van der Waals surface area contributed by atoms with Crippen molar-refractivity contribution in [3.63, 3.8) is 0 Å². The van der Waals surface area contributed by atoms with Gasteiger partial charge in [0.1, 0.15) is 15.3 Å². The zero-order valence-corrected chi connectivity index (χ0v) is 20.7. The van der Waals surface area contributed by atoms with Crippen molar-refractivity contribution in [3.8, 4) is 0 Å². The van der Waals surface area contributed by atoms with E-state index < -0.39 is 32.1 Å². The van der Waals surface area contributed by atoms with Crippen molar-refractivity contribution in [1.29, 1.82) is 0 Å². The fourth-order valence-corrected chi connectivity index (χ4v) is 7.05. The molecule has 0 amide bonds. The number of benzene rings is 1. The van der Waals surface area contributed by atoms with Crippen molar-refractivity contribution in [2.24, 2.45) is 0 Å². The van der Waals surface area contributed by atoms with E-state index in [1.54, 1.807) is 12.1 Å². The molecule has 1 aromatic carbocycles. The average Bonchev–Trinajstić information content (AvgIpc) is 3.05. The number of aryl methyl sites for hydroxylation is 1. The Morgan fingerprint density at radius 3 is 2.29 bits per heavy atom. The maximum atomic E-state index is 12.6. The summed E-state index contributed by atoms with van der Waals surface area (Å²) < 4.78 is 59.4. The lowest BCUT2D eigenvalue weighted by Crippen LogP contribution is -2.41. The van der Waals surface area contributed by atoms with Gasteiger partial charge in [-0.15, -0.1) is 11.3 Å². The number of halogens is 2. The molecule has 0 bridgehead atoms. The zero-order valence-electron chi connectivity index (χ0n) is 16.7. The average molecular weight is 529 g/mol. The van der Waals surface area contributed by atoms with Crippen LogP contribution in [0.1, 0.15) is 24.8 Å². The number of esters is 1. The third-order valence-electron chi connectivity index (χ3n) is 4.24. The Labute approximate surface area is 196 Å². The summed E-state index contributed by atoms with van der Waals surface area (Å²) in [7, 11) is -6.58. The first-order valence-corrected chi connectivity index (χ1v) is 13.6. The summed E-state index contributed by atoms with van der Waals surface area (Å²) in [5.74, 6) is -0.726. The molecule has 0 radical (unpaired) electrons. The van der Waals surface area contributed by atoms with E-state index in [4.69, 9.17) is 27.9 Å². The summed E-state index contributed by atoms with van der Waals surface area (Å²) in [5, 5.41) is 0. The van der Waals surface area contributed by atoms with Crippen molar-refractivity contribution < 1.29 is 26.4 Å². The van der Waals surface area contributed by atoms with Crippen LogP contribution >= 0.6 is 34.5 Å². The summed E-state index contributed by atoms with van der Waals surface area (Å²) in [5.41, 5.74) is 0.900. The van der Waals surface area contributed by atoms with Gasteiger partial charge in [-0.2, -0.15) is 4.72 Å². The molecule has 2 rings (SSSR count). The largest absolute Gasteiger partial charge is 0.468 e. The Morgan fingerprint density at radius 1 is 1.10 bits per heavy atom. The fourth-order valence-electron chi connectivity index (χ4n) is 2.61. The van der Waals surface area contributed by atoms with Gasteiger partial charge in [-0.25, -0.2) is 21.6 Å². The molecule has 0 fully saturated rings. The molecule has 0 spiro atoms. The third-order valence-corrected chi connectivity index (χ3v) is 8.94. The molecule has 13 heteroatoms. The molecular weight excluding hydrogens is 507 g/mol. The summed E-state index contributed by atoms with van der Waals surface area (Å²) in [4.78, 5) is 12.0. The Morgan fingerprint density at radius 2 is 1.74 bits per heavy atom. The van der Waals surface area contributed by atoms with E-state index in [0.717, 1.165) is 16.9 Å². The number of sulfonamides is 2. The number of hydrogen-bond donors (Lipinski definition) is 2. The summed E-state index contributed by atoms with van der Waals surface area (Å²) in [6.45, 7) is 1.90. The maximum Gasteiger partial charge on any atom is 0.323 e. The Kier molecular flexibility index (Phi) is 9.31. The molecule has 8 nitrogen and oxygen atoms in total. The molecule has 2 N–H and O–H groups in total. The van der Waals surface area contributed by atoms with Crippen LogP contribution in [0.15, 0.2) is 40.1 Å². The molecular formula is C18H22Cl2N2O6S3. The highest BCUT2D eigenvalue weighted by Gasteiger charge is 2.26. The van der Waals surface area contributed by atoms with Gasteiger partial charge in [-0.1, -0.05) is 40.9 Å². The number of hydrogen-bond acceptors (Lipinski definition) is 7. The number of carbonyl (C=O) groups is 1. The first kappa shape index (κ1) is 26.0. The summed E-state index contributed by atoms with van der Waals surface area (Å²) in [6.07, 6.45) is 0.843. The van der Waals surface area contributed by atoms with Gasteiger partial charge in [-0.05, 0) is 44.4 Å². The van der Waals surface area contributed by atoms with Gasteiger partial charge < -0.3 is 4.74 Å². The van der Waals surface area contributed by atoms with Gasteiger partial charge in [0, 0.05) is 6.54 Å². The molecule has 0 aliphatic carbocycles. The van der Waals surface area contributed by atoms with Gasteiger partial charge in [0.05, 0.1) is 16.3 Å². The highest BCUT2D eigenvalue weighted by molar-refractivity contribution is 7.90. The second-order valence-corrected chi connectivity index (χ2v) is 12.3. The van der Waals surface area contributed by atoms with Gasteiger partial charge in [0.15, 0.2) is 0 Å². The standard InChI is InChI=1S/C18H22Cl2N2O6S3/c1-12-6-8-13(9-7-12)30(24,25)22-14(18(23)28-2)5-3-4-10-21-31(26,27)15-11-16(19)29-17(15)20/h6-9,11,14,21-22H,3-5,10H2,1-2H3. The Balaban J connectivity index is 1.93. The zero-order chi connectivity index (χ0) is 23.2. The van der Waals surface area contributed by atoms with Crippen molar-refractivity contribution in [1.82, 2.24) is 9.44 Å². The molecule has 1 atom stereocenters.